The minimum atomic E-state index is 0.581. The summed E-state index contributed by atoms with van der Waals surface area (Å²) < 4.78 is 5.52. The van der Waals surface area contributed by atoms with Gasteiger partial charge in [-0.15, -0.1) is 0 Å². The van der Waals surface area contributed by atoms with Crippen molar-refractivity contribution in [2.24, 2.45) is 0 Å². The first-order valence-electron chi connectivity index (χ1n) is 6.05. The van der Waals surface area contributed by atoms with Crippen molar-refractivity contribution >= 4 is 6.01 Å². The molecule has 0 bridgehead atoms. The maximum Gasteiger partial charge on any atom is 0.295 e. The summed E-state index contributed by atoms with van der Waals surface area (Å²) in [6.07, 6.45) is 3.69. The van der Waals surface area contributed by atoms with Crippen molar-refractivity contribution in [2.45, 2.75) is 26.2 Å². The average Bonchev–Trinajstić information content (AvgIpc) is 2.93. The largest absolute Gasteiger partial charge is 0.428 e. The molecule has 0 unspecified atom stereocenters. The van der Waals surface area contributed by atoms with Crippen LogP contribution in [0.4, 0.5) is 6.01 Å². The minimum Gasteiger partial charge on any atom is -0.428 e. The molecule has 0 aliphatic heterocycles. The maximum absolute atomic E-state index is 5.52. The number of benzene rings is 1. The number of aromatic nitrogens is 1. The van der Waals surface area contributed by atoms with Gasteiger partial charge >= 0.3 is 0 Å². The molecule has 0 amide bonds. The van der Waals surface area contributed by atoms with Crippen molar-refractivity contribution in [2.75, 3.05) is 12.4 Å². The quantitative estimate of drug-likeness (QED) is 0.857. The van der Waals surface area contributed by atoms with Gasteiger partial charge in [0.2, 0.25) is 0 Å². The molecule has 0 fully saturated rings. The summed E-state index contributed by atoms with van der Waals surface area (Å²) in [5.74, 6) is 0.868. The monoisotopic (exact) mass is 228 g/mol. The lowest BCUT2D eigenvalue weighted by Gasteiger charge is -2.02. The van der Waals surface area contributed by atoms with E-state index in [-0.39, 0.29) is 0 Å². The summed E-state index contributed by atoms with van der Waals surface area (Å²) in [6.45, 7) is 1.95. The average molecular weight is 228 g/mol. The normalized spacial score (nSPS) is 13.8. The van der Waals surface area contributed by atoms with E-state index in [1.807, 2.05) is 14.0 Å². The van der Waals surface area contributed by atoms with E-state index in [2.05, 4.69) is 28.5 Å². The molecule has 1 aliphatic carbocycles. The summed E-state index contributed by atoms with van der Waals surface area (Å²) in [5, 5.41) is 2.93. The highest BCUT2D eigenvalue weighted by atomic mass is 16.4. The van der Waals surface area contributed by atoms with Crippen molar-refractivity contribution in [1.29, 1.82) is 0 Å². The summed E-state index contributed by atoms with van der Waals surface area (Å²) in [7, 11) is 1.82. The van der Waals surface area contributed by atoms with E-state index >= 15 is 0 Å². The van der Waals surface area contributed by atoms with Gasteiger partial charge in [-0.3, -0.25) is 0 Å². The van der Waals surface area contributed by atoms with Crippen molar-refractivity contribution in [3.63, 3.8) is 0 Å². The van der Waals surface area contributed by atoms with E-state index in [4.69, 9.17) is 4.42 Å². The highest BCUT2D eigenvalue weighted by molar-refractivity contribution is 5.64. The molecule has 1 aromatic carbocycles. The van der Waals surface area contributed by atoms with E-state index < -0.39 is 0 Å². The number of rotatable bonds is 2. The SMILES string of the molecule is CNc1nc(-c2ccc3c(c2)CCC3)c(C)o1. The predicted octanol–water partition coefficient (Wildman–Crippen LogP) is 3.18. The Morgan fingerprint density at radius 2 is 2.06 bits per heavy atom. The van der Waals surface area contributed by atoms with Crippen molar-refractivity contribution in [3.05, 3.63) is 35.1 Å². The Labute approximate surface area is 101 Å². The minimum absolute atomic E-state index is 0.581. The lowest BCUT2D eigenvalue weighted by molar-refractivity contribution is 0.544. The summed E-state index contributed by atoms with van der Waals surface area (Å²) >= 11 is 0. The number of nitrogens with zero attached hydrogens (tertiary/aromatic N) is 1. The van der Waals surface area contributed by atoms with Crippen molar-refractivity contribution in [3.8, 4) is 11.3 Å². The van der Waals surface area contributed by atoms with Crippen LogP contribution in [0.25, 0.3) is 11.3 Å². The lowest BCUT2D eigenvalue weighted by Crippen LogP contribution is -1.88. The second kappa shape index (κ2) is 3.91. The van der Waals surface area contributed by atoms with Crippen molar-refractivity contribution < 1.29 is 4.42 Å². The molecule has 88 valence electrons. The third-order valence-corrected chi connectivity index (χ3v) is 3.38. The second-order valence-electron chi connectivity index (χ2n) is 4.51. The molecule has 2 aromatic rings. The number of nitrogens with one attached hydrogen (secondary N) is 1. The fraction of sp³-hybridized carbons (Fsp3) is 0.357. The molecule has 1 aromatic heterocycles. The molecule has 1 N–H and O–H groups in total. The van der Waals surface area contributed by atoms with Crippen LogP contribution in [0.15, 0.2) is 22.6 Å². The summed E-state index contributed by atoms with van der Waals surface area (Å²) in [4.78, 5) is 4.45. The van der Waals surface area contributed by atoms with Crippen LogP contribution >= 0.6 is 0 Å². The molecule has 3 nitrogen and oxygen atoms in total. The molecule has 3 rings (SSSR count). The maximum atomic E-state index is 5.52. The van der Waals surface area contributed by atoms with Gasteiger partial charge in [0.05, 0.1) is 0 Å². The molecule has 1 heterocycles. The van der Waals surface area contributed by atoms with Crippen LogP contribution in [0.1, 0.15) is 23.3 Å². The zero-order valence-electron chi connectivity index (χ0n) is 10.2. The number of aryl methyl sites for hydroxylation is 3. The summed E-state index contributed by atoms with van der Waals surface area (Å²) in [5.41, 5.74) is 5.07. The molecule has 3 heteroatoms. The van der Waals surface area contributed by atoms with Gasteiger partial charge in [0, 0.05) is 12.6 Å². The fourth-order valence-electron chi connectivity index (χ4n) is 2.49. The van der Waals surface area contributed by atoms with Gasteiger partial charge in [0.1, 0.15) is 11.5 Å². The summed E-state index contributed by atoms with van der Waals surface area (Å²) in [6, 6.07) is 7.21. The molecular weight excluding hydrogens is 212 g/mol. The van der Waals surface area contributed by atoms with Crippen LogP contribution in [0.5, 0.6) is 0 Å². The van der Waals surface area contributed by atoms with Crippen LogP contribution in [0.3, 0.4) is 0 Å². The Morgan fingerprint density at radius 1 is 1.24 bits per heavy atom. The van der Waals surface area contributed by atoms with E-state index in [9.17, 15) is 0 Å². The van der Waals surface area contributed by atoms with Crippen LogP contribution < -0.4 is 5.32 Å². The Hall–Kier alpha value is -1.77. The van der Waals surface area contributed by atoms with E-state index in [1.54, 1.807) is 0 Å². The van der Waals surface area contributed by atoms with E-state index in [0.29, 0.717) is 6.01 Å². The van der Waals surface area contributed by atoms with Gasteiger partial charge in [-0.05, 0) is 43.4 Å². The second-order valence-corrected chi connectivity index (χ2v) is 4.51. The number of hydrogen-bond donors (Lipinski definition) is 1. The fourth-order valence-corrected chi connectivity index (χ4v) is 2.49. The Bertz CT molecular complexity index is 557. The molecule has 0 radical (unpaired) electrons. The van der Waals surface area contributed by atoms with Gasteiger partial charge in [0.25, 0.3) is 6.01 Å². The predicted molar refractivity (Wildman–Crippen MR) is 68.2 cm³/mol. The number of fused-ring (bicyclic) bond motifs is 1. The van der Waals surface area contributed by atoms with Crippen LogP contribution in [-0.4, -0.2) is 12.0 Å². The third-order valence-electron chi connectivity index (χ3n) is 3.38. The molecular formula is C14H16N2O. The molecule has 0 atom stereocenters. The van der Waals surface area contributed by atoms with Gasteiger partial charge < -0.3 is 9.73 Å². The molecule has 0 saturated carbocycles. The highest BCUT2D eigenvalue weighted by Crippen LogP contribution is 2.30. The third kappa shape index (κ3) is 1.71. The van der Waals surface area contributed by atoms with Crippen LogP contribution in [0.2, 0.25) is 0 Å². The molecule has 0 saturated heterocycles. The van der Waals surface area contributed by atoms with Crippen LogP contribution in [0, 0.1) is 6.92 Å². The number of anilines is 1. The zero-order chi connectivity index (χ0) is 11.8. The first kappa shape index (κ1) is 10.4. The first-order chi connectivity index (χ1) is 8.28. The first-order valence-corrected chi connectivity index (χ1v) is 6.05. The van der Waals surface area contributed by atoms with Crippen LogP contribution in [-0.2, 0) is 12.8 Å². The lowest BCUT2D eigenvalue weighted by atomic mass is 10.0. The topological polar surface area (TPSA) is 38.1 Å². The Morgan fingerprint density at radius 3 is 2.82 bits per heavy atom. The van der Waals surface area contributed by atoms with Crippen molar-refractivity contribution in [1.82, 2.24) is 4.98 Å². The zero-order valence-corrected chi connectivity index (χ0v) is 10.2. The molecule has 0 spiro atoms. The van der Waals surface area contributed by atoms with Gasteiger partial charge in [0.15, 0.2) is 0 Å². The van der Waals surface area contributed by atoms with E-state index in [0.717, 1.165) is 17.0 Å². The van der Waals surface area contributed by atoms with E-state index in [1.165, 1.54) is 30.4 Å². The molecule has 1 aliphatic rings. The molecule has 17 heavy (non-hydrogen) atoms. The number of hydrogen-bond acceptors (Lipinski definition) is 3. The standard InChI is InChI=1S/C14H16N2O/c1-9-13(16-14(15-2)17-9)12-7-6-10-4-3-5-11(10)8-12/h6-8H,3-5H2,1-2H3,(H,15,16). The Kier molecular flexibility index (Phi) is 2.39. The highest BCUT2D eigenvalue weighted by Gasteiger charge is 2.15. The Balaban J connectivity index is 2.06. The van der Waals surface area contributed by atoms with Gasteiger partial charge in [-0.2, -0.15) is 4.98 Å². The van der Waals surface area contributed by atoms with Gasteiger partial charge in [-0.1, -0.05) is 12.1 Å². The smallest absolute Gasteiger partial charge is 0.295 e. The van der Waals surface area contributed by atoms with Gasteiger partial charge in [-0.25, -0.2) is 0 Å². The number of oxazole rings is 1.